The van der Waals surface area contributed by atoms with E-state index in [1.807, 2.05) is 13.0 Å². The quantitative estimate of drug-likeness (QED) is 0.515. The number of hydrogen-bond acceptors (Lipinski definition) is 0. The van der Waals surface area contributed by atoms with E-state index in [1.165, 1.54) is 5.57 Å². The molecule has 0 aromatic rings. The molecule has 0 N–H and O–H groups in total. The van der Waals surface area contributed by atoms with Gasteiger partial charge in [-0.2, -0.15) is 0 Å². The van der Waals surface area contributed by atoms with Crippen LogP contribution in [0, 0.1) is 11.3 Å². The Bertz CT molecular complexity index is 228. The summed E-state index contributed by atoms with van der Waals surface area (Å²) in [7, 11) is 0. The van der Waals surface area contributed by atoms with Crippen LogP contribution in [0.2, 0.25) is 0 Å². The zero-order valence-electron chi connectivity index (χ0n) is 8.32. The highest BCUT2D eigenvalue weighted by Crippen LogP contribution is 2.35. The van der Waals surface area contributed by atoms with Crippen LogP contribution in [0.25, 0.3) is 0 Å². The van der Waals surface area contributed by atoms with Gasteiger partial charge in [0, 0.05) is 5.92 Å². The van der Waals surface area contributed by atoms with Gasteiger partial charge in [-0.1, -0.05) is 39.3 Å². The molecule has 0 aliphatic heterocycles. The van der Waals surface area contributed by atoms with Gasteiger partial charge >= 0.3 is 0 Å². The van der Waals surface area contributed by atoms with E-state index in [9.17, 15) is 4.39 Å². The highest BCUT2D eigenvalue weighted by atomic mass is 19.1. The van der Waals surface area contributed by atoms with Gasteiger partial charge in [0.2, 0.25) is 0 Å². The standard InChI is InChI=1S/C11H17F/c1-8-7-9(11(2,3)4)5-6-10(8)12/h5-6,8H,7H2,1-4H3. The van der Waals surface area contributed by atoms with Gasteiger partial charge in [0.05, 0.1) is 0 Å². The van der Waals surface area contributed by atoms with Crippen molar-refractivity contribution in [3.63, 3.8) is 0 Å². The Morgan fingerprint density at radius 3 is 2.33 bits per heavy atom. The van der Waals surface area contributed by atoms with Crippen molar-refractivity contribution >= 4 is 0 Å². The second-order valence-corrected chi connectivity index (χ2v) is 4.60. The first-order valence-electron chi connectivity index (χ1n) is 4.48. The average molecular weight is 168 g/mol. The minimum absolute atomic E-state index is 0.0167. The monoisotopic (exact) mass is 168 g/mol. The van der Waals surface area contributed by atoms with Crippen molar-refractivity contribution < 1.29 is 4.39 Å². The summed E-state index contributed by atoms with van der Waals surface area (Å²) < 4.78 is 13.0. The minimum Gasteiger partial charge on any atom is -0.212 e. The summed E-state index contributed by atoms with van der Waals surface area (Å²) in [5.74, 6) is 0.0900. The first-order valence-corrected chi connectivity index (χ1v) is 4.48. The lowest BCUT2D eigenvalue weighted by Crippen LogP contribution is -2.14. The molecule has 1 aliphatic carbocycles. The fraction of sp³-hybridized carbons (Fsp3) is 0.636. The zero-order valence-corrected chi connectivity index (χ0v) is 8.32. The molecule has 1 rings (SSSR count). The summed E-state index contributed by atoms with van der Waals surface area (Å²) in [6.45, 7) is 8.44. The SMILES string of the molecule is CC1CC(C(C)(C)C)=CC=C1F. The van der Waals surface area contributed by atoms with E-state index in [4.69, 9.17) is 0 Å². The smallest absolute Gasteiger partial charge is 0.103 e. The van der Waals surface area contributed by atoms with E-state index in [-0.39, 0.29) is 17.2 Å². The van der Waals surface area contributed by atoms with E-state index < -0.39 is 0 Å². The maximum absolute atomic E-state index is 13.0. The first-order chi connectivity index (χ1) is 5.41. The number of rotatable bonds is 0. The van der Waals surface area contributed by atoms with Crippen molar-refractivity contribution in [3.05, 3.63) is 23.6 Å². The van der Waals surface area contributed by atoms with Crippen LogP contribution in [0.4, 0.5) is 4.39 Å². The summed E-state index contributed by atoms with van der Waals surface area (Å²) in [5.41, 5.74) is 1.53. The largest absolute Gasteiger partial charge is 0.212 e. The van der Waals surface area contributed by atoms with Crippen molar-refractivity contribution in [3.8, 4) is 0 Å². The van der Waals surface area contributed by atoms with Crippen LogP contribution < -0.4 is 0 Å². The highest BCUT2D eigenvalue weighted by molar-refractivity contribution is 5.26. The molecule has 1 unspecified atom stereocenters. The average Bonchev–Trinajstić information content (AvgIpc) is 1.92. The zero-order chi connectivity index (χ0) is 9.35. The van der Waals surface area contributed by atoms with E-state index in [0.29, 0.717) is 0 Å². The molecule has 0 bridgehead atoms. The van der Waals surface area contributed by atoms with Gasteiger partial charge in [-0.15, -0.1) is 0 Å². The molecule has 0 aromatic carbocycles. The Balaban J connectivity index is 2.84. The van der Waals surface area contributed by atoms with Crippen molar-refractivity contribution in [2.75, 3.05) is 0 Å². The molecule has 0 fully saturated rings. The van der Waals surface area contributed by atoms with Crippen LogP contribution >= 0.6 is 0 Å². The Morgan fingerprint density at radius 2 is 1.92 bits per heavy atom. The highest BCUT2D eigenvalue weighted by Gasteiger charge is 2.22. The Kier molecular flexibility index (Phi) is 2.41. The van der Waals surface area contributed by atoms with E-state index in [1.54, 1.807) is 6.08 Å². The molecule has 0 heterocycles. The summed E-state index contributed by atoms with van der Waals surface area (Å²) in [5, 5.41) is 0. The van der Waals surface area contributed by atoms with Gasteiger partial charge in [-0.25, -0.2) is 4.39 Å². The minimum atomic E-state index is 0.0167. The molecule has 0 radical (unpaired) electrons. The van der Waals surface area contributed by atoms with Gasteiger partial charge in [0.1, 0.15) is 5.83 Å². The second-order valence-electron chi connectivity index (χ2n) is 4.60. The van der Waals surface area contributed by atoms with Crippen molar-refractivity contribution in [1.29, 1.82) is 0 Å². The summed E-state index contributed by atoms with van der Waals surface area (Å²) >= 11 is 0. The number of hydrogen-bond donors (Lipinski definition) is 0. The molecule has 0 saturated heterocycles. The molecule has 0 spiro atoms. The molecule has 0 nitrogen and oxygen atoms in total. The van der Waals surface area contributed by atoms with Crippen LogP contribution in [-0.4, -0.2) is 0 Å². The fourth-order valence-corrected chi connectivity index (χ4v) is 1.40. The third kappa shape index (κ3) is 1.96. The van der Waals surface area contributed by atoms with Crippen LogP contribution in [-0.2, 0) is 0 Å². The Labute approximate surface area is 74.2 Å². The topological polar surface area (TPSA) is 0 Å². The molecule has 68 valence electrons. The number of halogens is 1. The molecule has 1 heteroatoms. The first kappa shape index (κ1) is 9.50. The van der Waals surface area contributed by atoms with E-state index >= 15 is 0 Å². The van der Waals surface area contributed by atoms with Gasteiger partial charge in [0.15, 0.2) is 0 Å². The van der Waals surface area contributed by atoms with Crippen molar-refractivity contribution in [1.82, 2.24) is 0 Å². The van der Waals surface area contributed by atoms with E-state index in [0.717, 1.165) is 6.42 Å². The molecule has 1 aliphatic rings. The molecule has 1 atom stereocenters. The normalized spacial score (nSPS) is 24.9. The molecule has 12 heavy (non-hydrogen) atoms. The molecule has 0 saturated carbocycles. The van der Waals surface area contributed by atoms with Crippen molar-refractivity contribution in [2.24, 2.45) is 11.3 Å². The lowest BCUT2D eigenvalue weighted by molar-refractivity contribution is 0.417. The summed E-state index contributed by atoms with van der Waals surface area (Å²) in [6.07, 6.45) is 4.40. The maximum atomic E-state index is 13.0. The van der Waals surface area contributed by atoms with Crippen LogP contribution in [0.1, 0.15) is 34.1 Å². The van der Waals surface area contributed by atoms with Crippen LogP contribution in [0.5, 0.6) is 0 Å². The maximum Gasteiger partial charge on any atom is 0.103 e. The Morgan fingerprint density at radius 1 is 1.33 bits per heavy atom. The van der Waals surface area contributed by atoms with Crippen LogP contribution in [0.15, 0.2) is 23.6 Å². The molecular formula is C11H17F. The lowest BCUT2D eigenvalue weighted by Gasteiger charge is -2.27. The van der Waals surface area contributed by atoms with Gasteiger partial charge in [-0.3, -0.25) is 0 Å². The third-order valence-electron chi connectivity index (χ3n) is 2.40. The molecule has 0 amide bonds. The van der Waals surface area contributed by atoms with Crippen LogP contribution in [0.3, 0.4) is 0 Å². The summed E-state index contributed by atoms with van der Waals surface area (Å²) in [4.78, 5) is 0. The lowest BCUT2D eigenvalue weighted by atomic mass is 9.79. The van der Waals surface area contributed by atoms with Crippen molar-refractivity contribution in [2.45, 2.75) is 34.1 Å². The fourth-order valence-electron chi connectivity index (χ4n) is 1.40. The van der Waals surface area contributed by atoms with Gasteiger partial charge < -0.3 is 0 Å². The molecule has 0 aromatic heterocycles. The second kappa shape index (κ2) is 3.04. The number of allylic oxidation sites excluding steroid dienone is 4. The van der Waals surface area contributed by atoms with Gasteiger partial charge in [0.25, 0.3) is 0 Å². The molecular weight excluding hydrogens is 151 g/mol. The third-order valence-corrected chi connectivity index (χ3v) is 2.40. The Hall–Kier alpha value is -0.590. The predicted molar refractivity (Wildman–Crippen MR) is 50.5 cm³/mol. The summed E-state index contributed by atoms with van der Waals surface area (Å²) in [6, 6.07) is 0. The predicted octanol–water partition coefficient (Wildman–Crippen LogP) is 3.85. The van der Waals surface area contributed by atoms with E-state index in [2.05, 4.69) is 20.8 Å². The van der Waals surface area contributed by atoms with Gasteiger partial charge in [-0.05, 0) is 17.9 Å².